The van der Waals surface area contributed by atoms with Crippen molar-refractivity contribution in [2.24, 2.45) is 0 Å². The van der Waals surface area contributed by atoms with Gasteiger partial charge in [-0.1, -0.05) is 23.8 Å². The highest BCUT2D eigenvalue weighted by atomic mass is 19.4. The molecule has 0 saturated heterocycles. The second-order valence-electron chi connectivity index (χ2n) is 5.63. The van der Waals surface area contributed by atoms with Crippen LogP contribution in [0.2, 0.25) is 0 Å². The number of halogens is 3. The van der Waals surface area contributed by atoms with Gasteiger partial charge < -0.3 is 16.0 Å². The maximum atomic E-state index is 12.6. The van der Waals surface area contributed by atoms with E-state index in [9.17, 15) is 27.6 Å². The number of benzene rings is 2. The van der Waals surface area contributed by atoms with E-state index in [-0.39, 0.29) is 5.69 Å². The maximum absolute atomic E-state index is 12.6. The molecule has 0 aliphatic heterocycles. The van der Waals surface area contributed by atoms with Crippen LogP contribution in [-0.4, -0.2) is 24.3 Å². The first-order chi connectivity index (χ1) is 12.6. The zero-order valence-corrected chi connectivity index (χ0v) is 14.2. The Labute approximate surface area is 152 Å². The van der Waals surface area contributed by atoms with Crippen LogP contribution in [-0.2, 0) is 20.6 Å². The molecule has 0 bridgehead atoms. The lowest BCUT2D eigenvalue weighted by Gasteiger charge is -2.10. The SMILES string of the molecule is Cc1ccc(NC(=O)CNC(=O)C(=O)Nc2cccc(C(F)(F)F)c2)cc1. The van der Waals surface area contributed by atoms with Crippen LogP contribution in [0.15, 0.2) is 48.5 Å². The van der Waals surface area contributed by atoms with Crippen LogP contribution in [0.25, 0.3) is 0 Å². The molecule has 0 aromatic heterocycles. The van der Waals surface area contributed by atoms with Gasteiger partial charge in [0.2, 0.25) is 5.91 Å². The number of carbonyl (C=O) groups excluding carboxylic acids is 3. The first-order valence-electron chi connectivity index (χ1n) is 7.78. The summed E-state index contributed by atoms with van der Waals surface area (Å²) in [5, 5.41) is 6.67. The average molecular weight is 379 g/mol. The molecule has 0 fully saturated rings. The summed E-state index contributed by atoms with van der Waals surface area (Å²) >= 11 is 0. The summed E-state index contributed by atoms with van der Waals surface area (Å²) in [7, 11) is 0. The van der Waals surface area contributed by atoms with Gasteiger partial charge in [0.1, 0.15) is 0 Å². The number of alkyl halides is 3. The predicted molar refractivity (Wildman–Crippen MR) is 92.9 cm³/mol. The summed E-state index contributed by atoms with van der Waals surface area (Å²) in [6, 6.07) is 10.8. The average Bonchev–Trinajstić information content (AvgIpc) is 2.61. The lowest BCUT2D eigenvalue weighted by atomic mass is 10.2. The third-order valence-electron chi connectivity index (χ3n) is 3.40. The highest BCUT2D eigenvalue weighted by Gasteiger charge is 2.30. The van der Waals surface area contributed by atoms with Gasteiger partial charge in [0.15, 0.2) is 0 Å². The van der Waals surface area contributed by atoms with E-state index in [0.717, 1.165) is 17.7 Å². The van der Waals surface area contributed by atoms with E-state index >= 15 is 0 Å². The third kappa shape index (κ3) is 6.14. The van der Waals surface area contributed by atoms with Crippen molar-refractivity contribution in [1.82, 2.24) is 5.32 Å². The van der Waals surface area contributed by atoms with Crippen molar-refractivity contribution >= 4 is 29.1 Å². The molecule has 3 amide bonds. The van der Waals surface area contributed by atoms with Crippen molar-refractivity contribution in [2.75, 3.05) is 17.2 Å². The summed E-state index contributed by atoms with van der Waals surface area (Å²) < 4.78 is 37.9. The Bertz CT molecular complexity index is 849. The quantitative estimate of drug-likeness (QED) is 0.714. The number of aryl methyl sites for hydroxylation is 1. The molecule has 9 heteroatoms. The molecule has 0 aliphatic rings. The van der Waals surface area contributed by atoms with Crippen LogP contribution in [0.3, 0.4) is 0 Å². The summed E-state index contributed by atoms with van der Waals surface area (Å²) in [6.07, 6.45) is -4.57. The molecular weight excluding hydrogens is 363 g/mol. The molecule has 2 rings (SSSR count). The Morgan fingerprint density at radius 2 is 1.56 bits per heavy atom. The van der Waals surface area contributed by atoms with Gasteiger partial charge in [-0.3, -0.25) is 14.4 Å². The van der Waals surface area contributed by atoms with E-state index < -0.39 is 36.0 Å². The number of nitrogens with one attached hydrogen (secondary N) is 3. The van der Waals surface area contributed by atoms with E-state index in [4.69, 9.17) is 0 Å². The van der Waals surface area contributed by atoms with Gasteiger partial charge in [-0.15, -0.1) is 0 Å². The van der Waals surface area contributed by atoms with Crippen LogP contribution in [0.4, 0.5) is 24.5 Å². The fourth-order valence-corrected chi connectivity index (χ4v) is 2.04. The number of carbonyl (C=O) groups is 3. The van der Waals surface area contributed by atoms with Crippen LogP contribution < -0.4 is 16.0 Å². The Balaban J connectivity index is 1.86. The zero-order valence-electron chi connectivity index (χ0n) is 14.2. The number of anilines is 2. The summed E-state index contributed by atoms with van der Waals surface area (Å²) in [5.41, 5.74) is 0.382. The van der Waals surface area contributed by atoms with E-state index in [1.54, 1.807) is 24.3 Å². The second-order valence-corrected chi connectivity index (χ2v) is 5.63. The minimum atomic E-state index is -4.57. The van der Waals surface area contributed by atoms with Gasteiger partial charge in [-0.05, 0) is 37.3 Å². The van der Waals surface area contributed by atoms with Gasteiger partial charge in [0, 0.05) is 11.4 Å². The zero-order chi connectivity index (χ0) is 20.0. The van der Waals surface area contributed by atoms with Gasteiger partial charge in [-0.2, -0.15) is 13.2 Å². The number of hydrogen-bond acceptors (Lipinski definition) is 3. The summed E-state index contributed by atoms with van der Waals surface area (Å²) in [4.78, 5) is 35.2. The van der Waals surface area contributed by atoms with Crippen LogP contribution in [0.5, 0.6) is 0 Å². The molecule has 6 nitrogen and oxygen atoms in total. The van der Waals surface area contributed by atoms with E-state index in [2.05, 4.69) is 16.0 Å². The molecule has 0 atom stereocenters. The first kappa shape index (κ1) is 20.0. The highest BCUT2D eigenvalue weighted by Crippen LogP contribution is 2.30. The molecule has 0 aliphatic carbocycles. The monoisotopic (exact) mass is 379 g/mol. The minimum Gasteiger partial charge on any atom is -0.339 e. The topological polar surface area (TPSA) is 87.3 Å². The lowest BCUT2D eigenvalue weighted by molar-refractivity contribution is -0.137. The summed E-state index contributed by atoms with van der Waals surface area (Å²) in [6.45, 7) is 1.41. The fourth-order valence-electron chi connectivity index (χ4n) is 2.04. The van der Waals surface area contributed by atoms with Gasteiger partial charge in [-0.25, -0.2) is 0 Å². The largest absolute Gasteiger partial charge is 0.416 e. The Kier molecular flexibility index (Phi) is 6.17. The molecule has 0 spiro atoms. The Morgan fingerprint density at radius 3 is 2.19 bits per heavy atom. The molecule has 0 saturated carbocycles. The molecule has 27 heavy (non-hydrogen) atoms. The molecule has 2 aromatic carbocycles. The maximum Gasteiger partial charge on any atom is 0.416 e. The minimum absolute atomic E-state index is 0.186. The number of amides is 3. The molecule has 2 aromatic rings. The molecule has 142 valence electrons. The second kappa shape index (κ2) is 8.35. The van der Waals surface area contributed by atoms with Crippen LogP contribution in [0.1, 0.15) is 11.1 Å². The number of hydrogen-bond donors (Lipinski definition) is 3. The predicted octanol–water partition coefficient (Wildman–Crippen LogP) is 2.71. The standard InChI is InChI=1S/C18H16F3N3O3/c1-11-5-7-13(8-6-11)23-15(25)10-22-16(26)17(27)24-14-4-2-3-12(9-14)18(19,20)21/h2-9H,10H2,1H3,(H,22,26)(H,23,25)(H,24,27). The molecular formula is C18H16F3N3O3. The normalized spacial score (nSPS) is 10.8. The lowest BCUT2D eigenvalue weighted by Crippen LogP contribution is -2.39. The van der Waals surface area contributed by atoms with Gasteiger partial charge in [0.25, 0.3) is 0 Å². The van der Waals surface area contributed by atoms with E-state index in [1.807, 2.05) is 6.92 Å². The van der Waals surface area contributed by atoms with E-state index in [1.165, 1.54) is 6.07 Å². The van der Waals surface area contributed by atoms with Crippen molar-refractivity contribution in [3.05, 3.63) is 59.7 Å². The molecule has 0 heterocycles. The number of rotatable bonds is 4. The van der Waals surface area contributed by atoms with Crippen LogP contribution in [0, 0.1) is 6.92 Å². The molecule has 3 N–H and O–H groups in total. The van der Waals surface area contributed by atoms with Gasteiger partial charge in [0.05, 0.1) is 12.1 Å². The third-order valence-corrected chi connectivity index (χ3v) is 3.40. The first-order valence-corrected chi connectivity index (χ1v) is 7.78. The smallest absolute Gasteiger partial charge is 0.339 e. The molecule has 0 unspecified atom stereocenters. The Morgan fingerprint density at radius 1 is 0.889 bits per heavy atom. The Hall–Kier alpha value is -3.36. The molecule has 0 radical (unpaired) electrons. The van der Waals surface area contributed by atoms with Gasteiger partial charge >= 0.3 is 18.0 Å². The van der Waals surface area contributed by atoms with Crippen molar-refractivity contribution in [3.63, 3.8) is 0 Å². The van der Waals surface area contributed by atoms with E-state index in [0.29, 0.717) is 11.8 Å². The van der Waals surface area contributed by atoms with Crippen molar-refractivity contribution in [2.45, 2.75) is 13.1 Å². The fraction of sp³-hybridized carbons (Fsp3) is 0.167. The highest BCUT2D eigenvalue weighted by molar-refractivity contribution is 6.39. The van der Waals surface area contributed by atoms with Crippen molar-refractivity contribution in [3.8, 4) is 0 Å². The van der Waals surface area contributed by atoms with Crippen molar-refractivity contribution in [1.29, 1.82) is 0 Å². The van der Waals surface area contributed by atoms with Crippen molar-refractivity contribution < 1.29 is 27.6 Å². The summed E-state index contributed by atoms with van der Waals surface area (Å²) in [5.74, 6) is -2.89. The van der Waals surface area contributed by atoms with Crippen LogP contribution >= 0.6 is 0 Å².